The van der Waals surface area contributed by atoms with Gasteiger partial charge in [-0.2, -0.15) is 0 Å². The number of fused-ring (bicyclic) bond motifs is 1. The minimum absolute atomic E-state index is 0.00769. The van der Waals surface area contributed by atoms with Crippen molar-refractivity contribution in [3.05, 3.63) is 94.3 Å². The van der Waals surface area contributed by atoms with Crippen LogP contribution >= 0.6 is 11.3 Å². The number of carbonyl (C=O) groups excluding carboxylic acids is 2. The summed E-state index contributed by atoms with van der Waals surface area (Å²) in [5.74, 6) is -0.722. The average molecular weight is 518 g/mol. The Morgan fingerprint density at radius 3 is 2.16 bits per heavy atom. The van der Waals surface area contributed by atoms with Gasteiger partial charge in [0.15, 0.2) is 5.78 Å². The monoisotopic (exact) mass is 517 g/mol. The normalized spacial score (nSPS) is 11.3. The Hall–Kier alpha value is -4.24. The number of pyridine rings is 1. The molecule has 0 aliphatic heterocycles. The molecule has 0 radical (unpaired) electrons. The fourth-order valence-electron chi connectivity index (χ4n) is 4.07. The second-order valence-electron chi connectivity index (χ2n) is 9.47. The molecule has 0 bridgehead atoms. The van der Waals surface area contributed by atoms with Gasteiger partial charge >= 0.3 is 6.09 Å². The van der Waals surface area contributed by atoms with Crippen LogP contribution in [0, 0.1) is 0 Å². The maximum Gasteiger partial charge on any atom is 0.407 e. The number of anilines is 1. The molecule has 4 aromatic rings. The van der Waals surface area contributed by atoms with Gasteiger partial charge in [-0.15, -0.1) is 0 Å². The molecule has 0 unspecified atom stereocenters. The largest absolute Gasteiger partial charge is 0.465 e. The van der Waals surface area contributed by atoms with Crippen LogP contribution in [0.2, 0.25) is 0 Å². The van der Waals surface area contributed by atoms with Gasteiger partial charge in [0.25, 0.3) is 5.56 Å². The van der Waals surface area contributed by atoms with E-state index in [-0.39, 0.29) is 29.9 Å². The molecule has 8 nitrogen and oxygen atoms in total. The molecule has 0 aliphatic rings. The third-order valence-corrected chi connectivity index (χ3v) is 6.98. The first-order valence-corrected chi connectivity index (χ1v) is 12.5. The van der Waals surface area contributed by atoms with E-state index in [0.717, 1.165) is 11.3 Å². The number of amides is 2. The lowest BCUT2D eigenvalue weighted by Crippen LogP contribution is -2.46. The minimum atomic E-state index is -1.12. The van der Waals surface area contributed by atoms with Crippen molar-refractivity contribution in [2.45, 2.75) is 32.7 Å². The quantitative estimate of drug-likeness (QED) is 0.320. The molecule has 0 saturated carbocycles. The Morgan fingerprint density at radius 2 is 1.57 bits per heavy atom. The second-order valence-corrected chi connectivity index (χ2v) is 10.5. The fraction of sp³-hybridized carbons (Fsp3) is 0.214. The standard InChI is InChI=1S/C28H27N3O5S/c1-28(2,3)30(27(35)36)17-16-21(32)29-25-23(24(34)18-10-6-4-7-11-18)20-14-15-22(33)31(26(20)37-25)19-12-8-5-9-13-19/h4-15H,16-17H2,1-3H3,(H,29,32)(H,35,36). The zero-order valence-corrected chi connectivity index (χ0v) is 21.5. The summed E-state index contributed by atoms with van der Waals surface area (Å²) in [4.78, 5) is 52.9. The Labute approximate surface area is 217 Å². The van der Waals surface area contributed by atoms with Gasteiger partial charge in [0.1, 0.15) is 9.83 Å². The highest BCUT2D eigenvalue weighted by atomic mass is 32.1. The fourth-order valence-corrected chi connectivity index (χ4v) is 5.30. The van der Waals surface area contributed by atoms with Crippen molar-refractivity contribution < 1.29 is 19.5 Å². The van der Waals surface area contributed by atoms with E-state index in [1.54, 1.807) is 63.2 Å². The molecule has 0 spiro atoms. The topological polar surface area (TPSA) is 109 Å². The number of carboxylic acid groups (broad SMARTS) is 1. The lowest BCUT2D eigenvalue weighted by atomic mass is 10.0. The summed E-state index contributed by atoms with van der Waals surface area (Å²) in [6.45, 7) is 5.26. The summed E-state index contributed by atoms with van der Waals surface area (Å²) in [5, 5.41) is 13.2. The van der Waals surface area contributed by atoms with Crippen molar-refractivity contribution in [1.82, 2.24) is 9.47 Å². The first-order valence-electron chi connectivity index (χ1n) is 11.7. The van der Waals surface area contributed by atoms with Crippen LogP contribution in [0.3, 0.4) is 0 Å². The van der Waals surface area contributed by atoms with Crippen LogP contribution in [0.15, 0.2) is 77.6 Å². The Balaban J connectivity index is 1.78. The highest BCUT2D eigenvalue weighted by Crippen LogP contribution is 2.37. The minimum Gasteiger partial charge on any atom is -0.465 e. The highest BCUT2D eigenvalue weighted by Gasteiger charge is 2.28. The summed E-state index contributed by atoms with van der Waals surface area (Å²) in [5.41, 5.74) is 0.427. The summed E-state index contributed by atoms with van der Waals surface area (Å²) in [6.07, 6.45) is -1.21. The number of benzene rings is 2. The van der Waals surface area contributed by atoms with Gasteiger partial charge in [-0.25, -0.2) is 4.79 Å². The van der Waals surface area contributed by atoms with E-state index in [0.29, 0.717) is 26.5 Å². The maximum absolute atomic E-state index is 13.6. The zero-order chi connectivity index (χ0) is 26.7. The van der Waals surface area contributed by atoms with Gasteiger partial charge in [0.05, 0.1) is 11.3 Å². The first-order chi connectivity index (χ1) is 17.6. The molecule has 9 heteroatoms. The molecule has 4 rings (SSSR count). The van der Waals surface area contributed by atoms with Gasteiger partial charge in [0.2, 0.25) is 5.91 Å². The van der Waals surface area contributed by atoms with Gasteiger partial charge < -0.3 is 15.3 Å². The first kappa shape index (κ1) is 25.8. The summed E-state index contributed by atoms with van der Waals surface area (Å²) < 4.78 is 1.52. The van der Waals surface area contributed by atoms with Crippen LogP contribution in [-0.2, 0) is 4.79 Å². The van der Waals surface area contributed by atoms with E-state index >= 15 is 0 Å². The third-order valence-electron chi connectivity index (χ3n) is 5.88. The summed E-state index contributed by atoms with van der Waals surface area (Å²) in [6, 6.07) is 20.8. The van der Waals surface area contributed by atoms with E-state index in [9.17, 15) is 24.3 Å². The average Bonchev–Trinajstić information content (AvgIpc) is 3.21. The van der Waals surface area contributed by atoms with E-state index < -0.39 is 17.5 Å². The van der Waals surface area contributed by atoms with E-state index in [2.05, 4.69) is 5.32 Å². The molecular formula is C28H27N3O5S. The van der Waals surface area contributed by atoms with Gasteiger partial charge in [-0.3, -0.25) is 19.0 Å². The van der Waals surface area contributed by atoms with Gasteiger partial charge in [-0.05, 0) is 39.0 Å². The van der Waals surface area contributed by atoms with Crippen LogP contribution < -0.4 is 10.9 Å². The van der Waals surface area contributed by atoms with Crippen molar-refractivity contribution in [1.29, 1.82) is 0 Å². The molecule has 2 aromatic carbocycles. The van der Waals surface area contributed by atoms with Crippen molar-refractivity contribution in [2.24, 2.45) is 0 Å². The summed E-state index contributed by atoms with van der Waals surface area (Å²) >= 11 is 1.14. The van der Waals surface area contributed by atoms with Gasteiger partial charge in [-0.1, -0.05) is 59.9 Å². The third kappa shape index (κ3) is 5.46. The van der Waals surface area contributed by atoms with Crippen molar-refractivity contribution in [3.8, 4) is 5.69 Å². The highest BCUT2D eigenvalue weighted by molar-refractivity contribution is 7.23. The molecular weight excluding hydrogens is 490 g/mol. The number of aromatic nitrogens is 1. The molecule has 2 heterocycles. The Bertz CT molecular complexity index is 1520. The van der Waals surface area contributed by atoms with Gasteiger partial charge in [0, 0.05) is 35.5 Å². The summed E-state index contributed by atoms with van der Waals surface area (Å²) in [7, 11) is 0. The predicted molar refractivity (Wildman–Crippen MR) is 145 cm³/mol. The molecule has 37 heavy (non-hydrogen) atoms. The van der Waals surface area contributed by atoms with Crippen LogP contribution in [-0.4, -0.2) is 44.4 Å². The molecule has 0 aliphatic carbocycles. The smallest absolute Gasteiger partial charge is 0.407 e. The number of nitrogens with one attached hydrogen (secondary N) is 1. The number of hydrogen-bond acceptors (Lipinski definition) is 5. The number of ketones is 1. The SMILES string of the molecule is CC(C)(C)N(CCC(=O)Nc1sc2c(ccc(=O)n2-c2ccccc2)c1C(=O)c1ccccc1)C(=O)O. The van der Waals surface area contributed by atoms with E-state index in [1.165, 1.54) is 15.5 Å². The molecule has 2 amide bonds. The molecule has 190 valence electrons. The van der Waals surface area contributed by atoms with Crippen LogP contribution in [0.25, 0.3) is 15.9 Å². The van der Waals surface area contributed by atoms with Crippen molar-refractivity contribution >= 4 is 44.3 Å². The van der Waals surface area contributed by atoms with Crippen molar-refractivity contribution in [2.75, 3.05) is 11.9 Å². The van der Waals surface area contributed by atoms with Crippen LogP contribution in [0.1, 0.15) is 43.1 Å². The number of thiophene rings is 1. The molecule has 2 aromatic heterocycles. The van der Waals surface area contributed by atoms with E-state index in [4.69, 9.17) is 0 Å². The van der Waals surface area contributed by atoms with E-state index in [1.807, 2.05) is 24.3 Å². The lowest BCUT2D eigenvalue weighted by Gasteiger charge is -2.32. The number of hydrogen-bond donors (Lipinski definition) is 2. The number of nitrogens with zero attached hydrogens (tertiary/aromatic N) is 2. The second kappa shape index (κ2) is 10.4. The molecule has 0 saturated heterocycles. The number of carbonyl (C=O) groups is 3. The number of para-hydroxylation sites is 1. The molecule has 2 N–H and O–H groups in total. The Morgan fingerprint density at radius 1 is 0.946 bits per heavy atom. The zero-order valence-electron chi connectivity index (χ0n) is 20.7. The van der Waals surface area contributed by atoms with Crippen LogP contribution in [0.5, 0.6) is 0 Å². The molecule has 0 atom stereocenters. The predicted octanol–water partition coefficient (Wildman–Crippen LogP) is 5.39. The maximum atomic E-state index is 13.6. The molecule has 0 fully saturated rings. The lowest BCUT2D eigenvalue weighted by molar-refractivity contribution is -0.116. The Kier molecular flexibility index (Phi) is 7.26. The van der Waals surface area contributed by atoms with Crippen LogP contribution in [0.4, 0.5) is 9.80 Å². The number of rotatable bonds is 7. The van der Waals surface area contributed by atoms with Crippen molar-refractivity contribution in [3.63, 3.8) is 0 Å².